The first kappa shape index (κ1) is 19.1. The molecule has 28 heavy (non-hydrogen) atoms. The van der Waals surface area contributed by atoms with E-state index in [1.165, 1.54) is 5.57 Å². The second-order valence-corrected chi connectivity index (χ2v) is 8.29. The smallest absolute Gasteiger partial charge is 0.184 e. The zero-order valence-electron chi connectivity index (χ0n) is 16.1. The molecule has 2 aromatic heterocycles. The third-order valence-corrected chi connectivity index (χ3v) is 5.80. The quantitative estimate of drug-likeness (QED) is 0.526. The van der Waals surface area contributed by atoms with Gasteiger partial charge in [-0.25, -0.2) is 9.97 Å². The van der Waals surface area contributed by atoms with Gasteiger partial charge in [0.05, 0.1) is 5.69 Å². The van der Waals surface area contributed by atoms with Crippen LogP contribution < -0.4 is 5.32 Å². The average Bonchev–Trinajstić information content (AvgIpc) is 3.02. The molecular formula is C21H24BrN5O. The highest BCUT2D eigenvalue weighted by atomic mass is 79.9. The van der Waals surface area contributed by atoms with Crippen LogP contribution in [0.3, 0.4) is 0 Å². The van der Waals surface area contributed by atoms with Gasteiger partial charge in [0.1, 0.15) is 12.0 Å². The molecule has 7 heteroatoms. The van der Waals surface area contributed by atoms with Gasteiger partial charge < -0.3 is 15.4 Å². The normalized spacial score (nSPS) is 21.5. The lowest BCUT2D eigenvalue weighted by Gasteiger charge is -2.41. The van der Waals surface area contributed by atoms with Gasteiger partial charge in [0.2, 0.25) is 0 Å². The second-order valence-electron chi connectivity index (χ2n) is 7.38. The van der Waals surface area contributed by atoms with E-state index in [9.17, 15) is 5.11 Å². The molecule has 3 aromatic rings. The number of nitrogens with one attached hydrogen (secondary N) is 2. The zero-order chi connectivity index (χ0) is 19.8. The van der Waals surface area contributed by atoms with Crippen LogP contribution in [0.1, 0.15) is 31.5 Å². The molecule has 1 aliphatic heterocycles. The number of aryl methyl sites for hydroxylation is 1. The summed E-state index contributed by atoms with van der Waals surface area (Å²) in [6.45, 7) is 6.31. The number of H-pyrrole nitrogens is 1. The molecule has 0 amide bonds. The number of hydrogen-bond acceptors (Lipinski definition) is 5. The Hall–Kier alpha value is -2.22. The molecule has 0 aliphatic carbocycles. The van der Waals surface area contributed by atoms with Crippen molar-refractivity contribution in [3.05, 3.63) is 58.6 Å². The maximum Gasteiger partial charge on any atom is 0.184 e. The standard InChI is InChI=1S/C21H24BrN5O/c1-12-10-23-20-18(12)19(24-11-25-20)15-7-13(2)27(14(3)8-15)21(28)26-17-6-4-5-16(22)9-17/h4-7,9-11,13-14,21,26,28H,8H2,1-3H3,(H,23,24,25). The van der Waals surface area contributed by atoms with E-state index in [0.717, 1.165) is 38.9 Å². The Labute approximate surface area is 172 Å². The summed E-state index contributed by atoms with van der Waals surface area (Å²) in [4.78, 5) is 14.2. The highest BCUT2D eigenvalue weighted by Gasteiger charge is 2.31. The predicted octanol–water partition coefficient (Wildman–Crippen LogP) is 4.28. The van der Waals surface area contributed by atoms with E-state index in [-0.39, 0.29) is 12.1 Å². The molecule has 0 bridgehead atoms. The van der Waals surface area contributed by atoms with Crippen LogP contribution in [0.15, 0.2) is 47.3 Å². The Balaban J connectivity index is 1.61. The Morgan fingerprint density at radius 2 is 2.14 bits per heavy atom. The summed E-state index contributed by atoms with van der Waals surface area (Å²) in [5, 5.41) is 15.1. The lowest BCUT2D eigenvalue weighted by atomic mass is 9.93. The highest BCUT2D eigenvalue weighted by molar-refractivity contribution is 9.10. The van der Waals surface area contributed by atoms with Crippen LogP contribution in [0.25, 0.3) is 16.6 Å². The molecule has 4 rings (SSSR count). The SMILES string of the molecule is Cc1c[nH]c2ncnc(C3=CC(C)N(C(O)Nc4cccc(Br)c4)C(C)C3)c12. The Kier molecular flexibility index (Phi) is 5.23. The number of aromatic amines is 1. The van der Waals surface area contributed by atoms with Crippen molar-refractivity contribution in [3.63, 3.8) is 0 Å². The van der Waals surface area contributed by atoms with E-state index in [0.29, 0.717) is 0 Å². The van der Waals surface area contributed by atoms with E-state index in [1.54, 1.807) is 6.33 Å². The summed E-state index contributed by atoms with van der Waals surface area (Å²) in [7, 11) is 0. The minimum Gasteiger partial charge on any atom is -0.361 e. The molecule has 6 nitrogen and oxygen atoms in total. The summed E-state index contributed by atoms with van der Waals surface area (Å²) in [6, 6.07) is 8.01. The van der Waals surface area contributed by atoms with E-state index < -0.39 is 6.35 Å². The van der Waals surface area contributed by atoms with Gasteiger partial charge in [-0.1, -0.05) is 28.1 Å². The van der Waals surface area contributed by atoms with Crippen molar-refractivity contribution in [3.8, 4) is 0 Å². The molecular weight excluding hydrogens is 418 g/mol. The Morgan fingerprint density at radius 3 is 2.89 bits per heavy atom. The van der Waals surface area contributed by atoms with Crippen LogP contribution in [-0.2, 0) is 0 Å². The topological polar surface area (TPSA) is 77.1 Å². The summed E-state index contributed by atoms with van der Waals surface area (Å²) in [5.41, 5.74) is 5.06. The molecule has 1 aliphatic rings. The molecule has 3 N–H and O–H groups in total. The van der Waals surface area contributed by atoms with Crippen LogP contribution >= 0.6 is 15.9 Å². The van der Waals surface area contributed by atoms with E-state index in [2.05, 4.69) is 67.9 Å². The number of aliphatic hydroxyl groups is 1. The monoisotopic (exact) mass is 441 g/mol. The summed E-state index contributed by atoms with van der Waals surface area (Å²) >= 11 is 3.47. The van der Waals surface area contributed by atoms with Crippen molar-refractivity contribution in [1.82, 2.24) is 19.9 Å². The molecule has 0 saturated heterocycles. The minimum absolute atomic E-state index is 0.0534. The van der Waals surface area contributed by atoms with Crippen LogP contribution in [0.5, 0.6) is 0 Å². The predicted molar refractivity (Wildman–Crippen MR) is 116 cm³/mol. The molecule has 146 valence electrons. The van der Waals surface area contributed by atoms with Gasteiger partial charge in [-0.15, -0.1) is 0 Å². The number of halogens is 1. The molecule has 0 spiro atoms. The van der Waals surface area contributed by atoms with Gasteiger partial charge in [-0.05, 0) is 56.5 Å². The first-order valence-electron chi connectivity index (χ1n) is 9.41. The van der Waals surface area contributed by atoms with Gasteiger partial charge in [0.15, 0.2) is 6.35 Å². The van der Waals surface area contributed by atoms with Gasteiger partial charge >= 0.3 is 0 Å². The number of rotatable bonds is 4. The van der Waals surface area contributed by atoms with E-state index >= 15 is 0 Å². The van der Waals surface area contributed by atoms with Crippen molar-refractivity contribution < 1.29 is 5.11 Å². The molecule has 3 atom stereocenters. The molecule has 0 saturated carbocycles. The van der Waals surface area contributed by atoms with Gasteiger partial charge in [-0.2, -0.15) is 0 Å². The molecule has 1 aromatic carbocycles. The van der Waals surface area contributed by atoms with E-state index in [1.807, 2.05) is 30.5 Å². The fraction of sp³-hybridized carbons (Fsp3) is 0.333. The number of hydrogen-bond donors (Lipinski definition) is 3. The molecule has 0 radical (unpaired) electrons. The Morgan fingerprint density at radius 1 is 1.32 bits per heavy atom. The summed E-state index contributed by atoms with van der Waals surface area (Å²) < 4.78 is 0.973. The maximum atomic E-state index is 10.8. The van der Waals surface area contributed by atoms with Crippen molar-refractivity contribution in [1.29, 1.82) is 0 Å². The molecule has 3 heterocycles. The highest BCUT2D eigenvalue weighted by Crippen LogP contribution is 2.33. The zero-order valence-corrected chi connectivity index (χ0v) is 17.7. The fourth-order valence-electron chi connectivity index (χ4n) is 4.07. The third kappa shape index (κ3) is 3.57. The van der Waals surface area contributed by atoms with Crippen LogP contribution in [0.4, 0.5) is 5.69 Å². The van der Waals surface area contributed by atoms with E-state index in [4.69, 9.17) is 0 Å². The summed E-state index contributed by atoms with van der Waals surface area (Å²) in [5.74, 6) is 0. The third-order valence-electron chi connectivity index (χ3n) is 5.31. The van der Waals surface area contributed by atoms with Gasteiger partial charge in [-0.3, -0.25) is 4.90 Å². The number of benzene rings is 1. The Bertz CT molecular complexity index is 1030. The number of anilines is 1. The van der Waals surface area contributed by atoms with Gasteiger partial charge in [0, 0.05) is 33.8 Å². The largest absolute Gasteiger partial charge is 0.361 e. The van der Waals surface area contributed by atoms with Crippen molar-refractivity contribution >= 4 is 38.2 Å². The van der Waals surface area contributed by atoms with Gasteiger partial charge in [0.25, 0.3) is 0 Å². The lowest BCUT2D eigenvalue weighted by Crippen LogP contribution is -2.52. The molecule has 3 unspecified atom stereocenters. The first-order chi connectivity index (χ1) is 13.4. The van der Waals surface area contributed by atoms with Crippen LogP contribution in [-0.4, -0.2) is 43.4 Å². The maximum absolute atomic E-state index is 10.8. The minimum atomic E-state index is -0.781. The fourth-order valence-corrected chi connectivity index (χ4v) is 4.47. The molecule has 0 fully saturated rings. The van der Waals surface area contributed by atoms with Crippen molar-refractivity contribution in [2.24, 2.45) is 0 Å². The number of aliphatic hydroxyl groups excluding tert-OH is 1. The first-order valence-corrected chi connectivity index (χ1v) is 10.2. The number of nitrogens with zero attached hydrogens (tertiary/aromatic N) is 3. The number of fused-ring (bicyclic) bond motifs is 1. The summed E-state index contributed by atoms with van der Waals surface area (Å²) in [6.07, 6.45) is 5.80. The second kappa shape index (κ2) is 7.66. The average molecular weight is 442 g/mol. The van der Waals surface area contributed by atoms with Crippen LogP contribution in [0.2, 0.25) is 0 Å². The number of aromatic nitrogens is 3. The van der Waals surface area contributed by atoms with Crippen molar-refractivity contribution in [2.75, 3.05) is 5.32 Å². The lowest BCUT2D eigenvalue weighted by molar-refractivity contribution is -0.0167. The van der Waals surface area contributed by atoms with Crippen LogP contribution in [0, 0.1) is 6.92 Å². The van der Waals surface area contributed by atoms with Crippen molar-refractivity contribution in [2.45, 2.75) is 45.6 Å².